The molecule has 2 aromatic rings. The number of benzene rings is 1. The third-order valence-electron chi connectivity index (χ3n) is 4.25. The lowest BCUT2D eigenvalue weighted by Crippen LogP contribution is -2.44. The van der Waals surface area contributed by atoms with Crippen LogP contribution in [0.15, 0.2) is 35.7 Å². The minimum absolute atomic E-state index is 0.116. The van der Waals surface area contributed by atoms with E-state index in [2.05, 4.69) is 22.3 Å². The van der Waals surface area contributed by atoms with Crippen molar-refractivity contribution in [1.82, 2.24) is 4.90 Å². The Kier molecular flexibility index (Phi) is 4.45. The summed E-state index contributed by atoms with van der Waals surface area (Å²) in [6.45, 7) is 3.50. The lowest BCUT2D eigenvalue weighted by molar-refractivity contribution is -0.121. The number of anilines is 1. The molecule has 23 heavy (non-hydrogen) atoms. The van der Waals surface area contributed by atoms with Crippen molar-refractivity contribution in [2.45, 2.75) is 25.9 Å². The summed E-state index contributed by atoms with van der Waals surface area (Å²) in [7, 11) is 0. The SMILES string of the molecule is C[C@@H](C(=O)Nc1sccc1C(N)=O)N1CCc2ccccc2C1. The number of hydrogen-bond donors (Lipinski definition) is 2. The number of nitrogens with one attached hydrogen (secondary N) is 1. The van der Waals surface area contributed by atoms with Crippen LogP contribution in [0.3, 0.4) is 0 Å². The highest BCUT2D eigenvalue weighted by Crippen LogP contribution is 2.24. The van der Waals surface area contributed by atoms with Crippen LogP contribution in [0, 0.1) is 0 Å². The van der Waals surface area contributed by atoms with Gasteiger partial charge in [-0.3, -0.25) is 14.5 Å². The molecule has 0 fully saturated rings. The smallest absolute Gasteiger partial charge is 0.251 e. The highest BCUT2D eigenvalue weighted by molar-refractivity contribution is 7.14. The second-order valence-electron chi connectivity index (χ2n) is 5.68. The third kappa shape index (κ3) is 3.28. The fourth-order valence-corrected chi connectivity index (χ4v) is 3.63. The molecule has 2 heterocycles. The zero-order chi connectivity index (χ0) is 16.4. The predicted octanol–water partition coefficient (Wildman–Crippen LogP) is 2.23. The van der Waals surface area contributed by atoms with Crippen LogP contribution in [0.4, 0.5) is 5.00 Å². The average Bonchev–Trinajstić information content (AvgIpc) is 3.02. The van der Waals surface area contributed by atoms with Crippen LogP contribution in [0.1, 0.15) is 28.4 Å². The summed E-state index contributed by atoms with van der Waals surface area (Å²) in [6, 6.07) is 9.68. The number of nitrogens with zero attached hydrogens (tertiary/aromatic N) is 1. The molecule has 3 N–H and O–H groups in total. The van der Waals surface area contributed by atoms with Crippen molar-refractivity contribution in [3.05, 3.63) is 52.4 Å². The summed E-state index contributed by atoms with van der Waals surface area (Å²) >= 11 is 1.31. The Balaban J connectivity index is 1.69. The molecule has 0 radical (unpaired) electrons. The fraction of sp³-hybridized carbons (Fsp3) is 0.294. The number of hydrogen-bond acceptors (Lipinski definition) is 4. The topological polar surface area (TPSA) is 75.4 Å². The van der Waals surface area contributed by atoms with Crippen LogP contribution < -0.4 is 11.1 Å². The first-order valence-electron chi connectivity index (χ1n) is 7.55. The molecule has 0 spiro atoms. The third-order valence-corrected chi connectivity index (χ3v) is 5.08. The minimum Gasteiger partial charge on any atom is -0.366 e. The molecule has 5 nitrogen and oxygen atoms in total. The van der Waals surface area contributed by atoms with Crippen LogP contribution in [0.25, 0.3) is 0 Å². The normalized spacial score (nSPS) is 15.7. The largest absolute Gasteiger partial charge is 0.366 e. The molecule has 6 heteroatoms. The Morgan fingerprint density at radius 1 is 1.26 bits per heavy atom. The van der Waals surface area contributed by atoms with E-state index in [0.29, 0.717) is 10.6 Å². The van der Waals surface area contributed by atoms with E-state index in [4.69, 9.17) is 5.73 Å². The van der Waals surface area contributed by atoms with Gasteiger partial charge in [0.25, 0.3) is 5.91 Å². The Labute approximate surface area is 139 Å². The van der Waals surface area contributed by atoms with Gasteiger partial charge in [0.15, 0.2) is 0 Å². The van der Waals surface area contributed by atoms with Crippen molar-refractivity contribution in [3.63, 3.8) is 0 Å². The first-order valence-corrected chi connectivity index (χ1v) is 8.43. The molecule has 0 saturated carbocycles. The molecule has 120 valence electrons. The predicted molar refractivity (Wildman–Crippen MR) is 91.5 cm³/mol. The van der Waals surface area contributed by atoms with Gasteiger partial charge in [-0.2, -0.15) is 0 Å². The lowest BCUT2D eigenvalue weighted by atomic mass is 9.99. The van der Waals surface area contributed by atoms with Gasteiger partial charge in [-0.1, -0.05) is 24.3 Å². The molecule has 1 atom stereocenters. The van der Waals surface area contributed by atoms with Crippen LogP contribution in [-0.4, -0.2) is 29.3 Å². The second kappa shape index (κ2) is 6.52. The summed E-state index contributed by atoms with van der Waals surface area (Å²) in [5.41, 5.74) is 8.30. The maximum absolute atomic E-state index is 12.5. The highest BCUT2D eigenvalue weighted by atomic mass is 32.1. The number of thiophene rings is 1. The Morgan fingerprint density at radius 2 is 2.00 bits per heavy atom. The number of primary amides is 1. The monoisotopic (exact) mass is 329 g/mol. The lowest BCUT2D eigenvalue weighted by Gasteiger charge is -2.32. The van der Waals surface area contributed by atoms with Gasteiger partial charge in [-0.25, -0.2) is 0 Å². The van der Waals surface area contributed by atoms with E-state index in [1.807, 2.05) is 19.1 Å². The zero-order valence-electron chi connectivity index (χ0n) is 12.9. The van der Waals surface area contributed by atoms with Crippen molar-refractivity contribution in [2.24, 2.45) is 5.73 Å². The van der Waals surface area contributed by atoms with Crippen molar-refractivity contribution in [2.75, 3.05) is 11.9 Å². The molecule has 0 aliphatic carbocycles. The van der Waals surface area contributed by atoms with E-state index in [9.17, 15) is 9.59 Å². The van der Waals surface area contributed by atoms with Crippen molar-refractivity contribution in [3.8, 4) is 0 Å². The number of nitrogens with two attached hydrogens (primary N) is 1. The van der Waals surface area contributed by atoms with Crippen LogP contribution in [0.5, 0.6) is 0 Å². The quantitative estimate of drug-likeness (QED) is 0.903. The molecule has 1 aromatic carbocycles. The van der Waals surface area contributed by atoms with Gasteiger partial charge < -0.3 is 11.1 Å². The summed E-state index contributed by atoms with van der Waals surface area (Å²) in [6.07, 6.45) is 0.944. The van der Waals surface area contributed by atoms with Crippen molar-refractivity contribution in [1.29, 1.82) is 0 Å². The molecule has 0 saturated heterocycles. The van der Waals surface area contributed by atoms with E-state index >= 15 is 0 Å². The number of fused-ring (bicyclic) bond motifs is 1. The Hall–Kier alpha value is -2.18. The van der Waals surface area contributed by atoms with Crippen molar-refractivity contribution < 1.29 is 9.59 Å². The average molecular weight is 329 g/mol. The van der Waals surface area contributed by atoms with E-state index < -0.39 is 5.91 Å². The van der Waals surface area contributed by atoms with E-state index in [1.165, 1.54) is 22.5 Å². The number of rotatable bonds is 4. The van der Waals surface area contributed by atoms with E-state index in [0.717, 1.165) is 19.5 Å². The number of carbonyl (C=O) groups is 2. The zero-order valence-corrected chi connectivity index (χ0v) is 13.7. The number of carbonyl (C=O) groups excluding carboxylic acids is 2. The Bertz CT molecular complexity index is 741. The molecule has 0 bridgehead atoms. The first-order chi connectivity index (χ1) is 11.1. The highest BCUT2D eigenvalue weighted by Gasteiger charge is 2.26. The summed E-state index contributed by atoms with van der Waals surface area (Å²) in [5, 5.41) is 5.10. The molecule has 1 aromatic heterocycles. The van der Waals surface area contributed by atoms with Crippen molar-refractivity contribution >= 4 is 28.2 Å². The van der Waals surface area contributed by atoms with Gasteiger partial charge in [0.2, 0.25) is 5.91 Å². The Morgan fingerprint density at radius 3 is 2.74 bits per heavy atom. The minimum atomic E-state index is -0.527. The summed E-state index contributed by atoms with van der Waals surface area (Å²) in [4.78, 5) is 26.0. The molecule has 1 aliphatic rings. The summed E-state index contributed by atoms with van der Waals surface area (Å²) < 4.78 is 0. The van der Waals surface area contributed by atoms with Gasteiger partial charge in [0.1, 0.15) is 5.00 Å². The van der Waals surface area contributed by atoms with Gasteiger partial charge in [0, 0.05) is 13.1 Å². The second-order valence-corrected chi connectivity index (χ2v) is 6.60. The van der Waals surface area contributed by atoms with Gasteiger partial charge >= 0.3 is 0 Å². The van der Waals surface area contributed by atoms with Gasteiger partial charge in [0.05, 0.1) is 11.6 Å². The summed E-state index contributed by atoms with van der Waals surface area (Å²) in [5.74, 6) is -0.643. The molecule has 3 rings (SSSR count). The molecule has 2 amide bonds. The maximum Gasteiger partial charge on any atom is 0.251 e. The number of amides is 2. The van der Waals surface area contributed by atoms with E-state index in [-0.39, 0.29) is 11.9 Å². The fourth-order valence-electron chi connectivity index (χ4n) is 2.83. The standard InChI is InChI=1S/C17H19N3O2S/c1-11(16(22)19-17-14(15(18)21)7-9-23-17)20-8-6-12-4-2-3-5-13(12)10-20/h2-5,7,9,11H,6,8,10H2,1H3,(H2,18,21)(H,19,22)/t11-/m0/s1. The maximum atomic E-state index is 12.5. The van der Waals surface area contributed by atoms with Crippen LogP contribution >= 0.6 is 11.3 Å². The molecular weight excluding hydrogens is 310 g/mol. The van der Waals surface area contributed by atoms with Crippen LogP contribution in [0.2, 0.25) is 0 Å². The van der Waals surface area contributed by atoms with Gasteiger partial charge in [-0.05, 0) is 35.9 Å². The molecular formula is C17H19N3O2S. The van der Waals surface area contributed by atoms with Crippen LogP contribution in [-0.2, 0) is 17.8 Å². The molecule has 1 aliphatic heterocycles. The van der Waals surface area contributed by atoms with Gasteiger partial charge in [-0.15, -0.1) is 11.3 Å². The molecule has 0 unspecified atom stereocenters. The first kappa shape index (κ1) is 15.7. The van der Waals surface area contributed by atoms with E-state index in [1.54, 1.807) is 11.4 Å².